The van der Waals surface area contributed by atoms with Crippen molar-refractivity contribution in [3.63, 3.8) is 0 Å². The Morgan fingerprint density at radius 2 is 1.82 bits per heavy atom. The topological polar surface area (TPSA) is 94.3 Å². The van der Waals surface area contributed by atoms with Gasteiger partial charge in [0.05, 0.1) is 33.3 Å². The van der Waals surface area contributed by atoms with Gasteiger partial charge in [-0.05, 0) is 30.7 Å². The summed E-state index contributed by atoms with van der Waals surface area (Å²) in [6, 6.07) is 10.8. The molecule has 3 amide bonds. The number of nitrogens with zero attached hydrogens (tertiary/aromatic N) is 2. The van der Waals surface area contributed by atoms with Gasteiger partial charge in [0.1, 0.15) is 5.75 Å². The van der Waals surface area contributed by atoms with E-state index in [1.54, 1.807) is 42.2 Å². The smallest absolute Gasteiger partial charge is 0.324 e. The molecule has 9 heteroatoms. The molecule has 1 saturated heterocycles. The number of ether oxygens (including phenoxy) is 3. The highest BCUT2D eigenvalue weighted by Gasteiger charge is 2.36. The average Bonchev–Trinajstić information content (AvgIpc) is 2.83. The van der Waals surface area contributed by atoms with E-state index in [-0.39, 0.29) is 25.7 Å². The van der Waals surface area contributed by atoms with E-state index in [1.165, 1.54) is 0 Å². The van der Waals surface area contributed by atoms with E-state index in [1.807, 2.05) is 18.2 Å². The predicted octanol–water partition coefficient (Wildman–Crippen LogP) is 4.58. The number of urea groups is 1. The van der Waals surface area contributed by atoms with Crippen molar-refractivity contribution in [2.24, 2.45) is 11.7 Å². The highest BCUT2D eigenvalue weighted by molar-refractivity contribution is 9.10. The second kappa shape index (κ2) is 12.0. The van der Waals surface area contributed by atoms with Crippen LogP contribution in [0.2, 0.25) is 0 Å². The minimum atomic E-state index is -0.518. The molecule has 1 aliphatic heterocycles. The summed E-state index contributed by atoms with van der Waals surface area (Å²) < 4.78 is 17.7. The van der Waals surface area contributed by atoms with Crippen LogP contribution < -0.4 is 24.8 Å². The summed E-state index contributed by atoms with van der Waals surface area (Å²) in [7, 11) is 3.16. The van der Waals surface area contributed by atoms with Crippen molar-refractivity contribution in [2.45, 2.75) is 32.7 Å². The number of halogens is 1. The maximum absolute atomic E-state index is 13.5. The molecule has 8 nitrogen and oxygen atoms in total. The molecule has 1 fully saturated rings. The van der Waals surface area contributed by atoms with Crippen molar-refractivity contribution in [2.75, 3.05) is 38.8 Å². The Morgan fingerprint density at radius 3 is 2.50 bits per heavy atom. The first-order valence-corrected chi connectivity index (χ1v) is 12.2. The predicted molar refractivity (Wildman–Crippen MR) is 135 cm³/mol. The molecule has 0 radical (unpaired) electrons. The molecule has 2 aromatic rings. The van der Waals surface area contributed by atoms with Crippen molar-refractivity contribution in [3.05, 3.63) is 46.4 Å². The van der Waals surface area contributed by atoms with Gasteiger partial charge in [0, 0.05) is 34.9 Å². The fourth-order valence-corrected chi connectivity index (χ4v) is 4.27. The summed E-state index contributed by atoms with van der Waals surface area (Å²) in [5, 5.41) is 0. The normalized spacial score (nSPS) is 15.9. The molecule has 3 rings (SSSR count). The molecule has 0 spiro atoms. The number of amides is 3. The van der Waals surface area contributed by atoms with Crippen LogP contribution in [0.15, 0.2) is 40.9 Å². The first-order valence-electron chi connectivity index (χ1n) is 11.4. The first kappa shape index (κ1) is 25.7. The lowest BCUT2D eigenvalue weighted by atomic mass is 10.0. The molecule has 0 aliphatic carbocycles. The summed E-state index contributed by atoms with van der Waals surface area (Å²) >= 11 is 3.44. The van der Waals surface area contributed by atoms with E-state index in [0.29, 0.717) is 29.5 Å². The summed E-state index contributed by atoms with van der Waals surface area (Å²) in [6.45, 7) is 3.41. The Balaban J connectivity index is 1.88. The van der Waals surface area contributed by atoms with E-state index in [2.05, 4.69) is 22.9 Å². The number of carbonyl (C=O) groups is 2. The van der Waals surface area contributed by atoms with E-state index >= 15 is 0 Å². The van der Waals surface area contributed by atoms with Crippen molar-refractivity contribution >= 4 is 33.6 Å². The van der Waals surface area contributed by atoms with Crippen LogP contribution in [0.25, 0.3) is 0 Å². The van der Waals surface area contributed by atoms with Crippen LogP contribution in [0.4, 0.5) is 10.5 Å². The monoisotopic (exact) mass is 533 g/mol. The van der Waals surface area contributed by atoms with Gasteiger partial charge in [0.25, 0.3) is 0 Å². The quantitative estimate of drug-likeness (QED) is 0.426. The Morgan fingerprint density at radius 1 is 1.06 bits per heavy atom. The number of unbranched alkanes of at least 4 members (excludes halogenated alkanes) is 2. The van der Waals surface area contributed by atoms with Gasteiger partial charge >= 0.3 is 6.03 Å². The van der Waals surface area contributed by atoms with Crippen LogP contribution >= 0.6 is 15.9 Å². The summed E-state index contributed by atoms with van der Waals surface area (Å²) in [5.41, 5.74) is 7.13. The van der Waals surface area contributed by atoms with Crippen molar-refractivity contribution < 1.29 is 23.8 Å². The van der Waals surface area contributed by atoms with Crippen LogP contribution in [0, 0.1) is 5.92 Å². The summed E-state index contributed by atoms with van der Waals surface area (Å²) in [6.07, 6.45) is 3.09. The maximum Gasteiger partial charge on any atom is 0.324 e. The molecule has 2 N–H and O–H groups in total. The zero-order valence-corrected chi connectivity index (χ0v) is 21.5. The fourth-order valence-electron chi connectivity index (χ4n) is 3.93. The molecule has 0 bridgehead atoms. The highest BCUT2D eigenvalue weighted by Crippen LogP contribution is 2.34. The minimum Gasteiger partial charge on any atom is -0.496 e. The summed E-state index contributed by atoms with van der Waals surface area (Å²) in [5.74, 6) is 0.839. The van der Waals surface area contributed by atoms with Crippen LogP contribution in [0.5, 0.6) is 17.2 Å². The number of benzene rings is 2. The molecule has 0 saturated carbocycles. The minimum absolute atomic E-state index is 0.198. The van der Waals surface area contributed by atoms with Gasteiger partial charge in [-0.15, -0.1) is 0 Å². The van der Waals surface area contributed by atoms with Crippen LogP contribution in [-0.4, -0.2) is 50.8 Å². The number of nitrogens with two attached hydrogens (primary N) is 1. The zero-order chi connectivity index (χ0) is 24.7. The van der Waals surface area contributed by atoms with Gasteiger partial charge in [0.2, 0.25) is 5.91 Å². The van der Waals surface area contributed by atoms with Crippen LogP contribution in [0.3, 0.4) is 0 Å². The van der Waals surface area contributed by atoms with Gasteiger partial charge in [-0.1, -0.05) is 41.8 Å². The van der Waals surface area contributed by atoms with Crippen LogP contribution in [-0.2, 0) is 11.3 Å². The van der Waals surface area contributed by atoms with E-state index < -0.39 is 11.8 Å². The highest BCUT2D eigenvalue weighted by atomic mass is 79.9. The maximum atomic E-state index is 13.5. The van der Waals surface area contributed by atoms with Gasteiger partial charge in [-0.2, -0.15) is 0 Å². The van der Waals surface area contributed by atoms with Gasteiger partial charge in [-0.25, -0.2) is 4.79 Å². The number of carbonyl (C=O) groups excluding carboxylic acids is 2. The van der Waals surface area contributed by atoms with E-state index in [9.17, 15) is 9.59 Å². The molecular formula is C25H32BrN3O5. The SMILES string of the molecule is CCCCCOc1cc(N2CC(C(N)=O)CN(Cc3ccc(Br)cc3OC)C2=O)ccc1OC. The van der Waals surface area contributed by atoms with Gasteiger partial charge < -0.3 is 24.8 Å². The van der Waals surface area contributed by atoms with Crippen molar-refractivity contribution in [1.82, 2.24) is 4.90 Å². The average molecular weight is 534 g/mol. The third kappa shape index (κ3) is 6.14. The largest absolute Gasteiger partial charge is 0.496 e. The van der Waals surface area contributed by atoms with E-state index in [4.69, 9.17) is 19.9 Å². The van der Waals surface area contributed by atoms with Crippen molar-refractivity contribution in [3.8, 4) is 17.2 Å². The molecule has 1 aliphatic rings. The van der Waals surface area contributed by atoms with Crippen LogP contribution in [0.1, 0.15) is 31.7 Å². The van der Waals surface area contributed by atoms with Gasteiger partial charge in [-0.3, -0.25) is 9.69 Å². The van der Waals surface area contributed by atoms with E-state index in [0.717, 1.165) is 29.3 Å². The number of rotatable bonds is 11. The standard InChI is InChI=1S/C25H32BrN3O5/c1-4-5-6-11-34-23-13-20(9-10-21(23)32-2)29-16-18(24(27)30)15-28(25(29)31)14-17-7-8-19(26)12-22(17)33-3/h7-10,12-13,18H,4-6,11,14-16H2,1-3H3,(H2,27,30). The Kier molecular flexibility index (Phi) is 9.04. The molecule has 1 heterocycles. The third-order valence-corrected chi connectivity index (χ3v) is 6.32. The number of anilines is 1. The number of hydrogen-bond acceptors (Lipinski definition) is 5. The van der Waals surface area contributed by atoms with Gasteiger partial charge in [0.15, 0.2) is 11.5 Å². The third-order valence-electron chi connectivity index (χ3n) is 5.82. The zero-order valence-electron chi connectivity index (χ0n) is 19.9. The molecule has 0 aromatic heterocycles. The lowest BCUT2D eigenvalue weighted by molar-refractivity contribution is -0.122. The molecule has 2 aromatic carbocycles. The molecule has 1 atom stereocenters. The number of primary amides is 1. The van der Waals surface area contributed by atoms with Crippen molar-refractivity contribution in [1.29, 1.82) is 0 Å². The second-order valence-corrected chi connectivity index (χ2v) is 9.14. The fraction of sp³-hybridized carbons (Fsp3) is 0.440. The number of hydrogen-bond donors (Lipinski definition) is 1. The Bertz CT molecular complexity index is 1020. The lowest BCUT2D eigenvalue weighted by Crippen LogP contribution is -2.56. The molecule has 1 unspecified atom stereocenters. The summed E-state index contributed by atoms with van der Waals surface area (Å²) in [4.78, 5) is 28.9. The lowest BCUT2D eigenvalue weighted by Gasteiger charge is -2.39. The molecule has 184 valence electrons. The first-order chi connectivity index (χ1) is 16.4. The molecule has 34 heavy (non-hydrogen) atoms. The Hall–Kier alpha value is -2.94. The number of methoxy groups -OCH3 is 2. The Labute approximate surface area is 209 Å². The molecular weight excluding hydrogens is 502 g/mol. The second-order valence-electron chi connectivity index (χ2n) is 8.22.